The SMILES string of the molecule is CCC(C)(C)C(=O)OCCO.CCCCOC(=O)C(C)(C)CSC.O=C=O. The number of carbonyl (C=O) groups is 2. The van der Waals surface area contributed by atoms with Crippen molar-refractivity contribution in [3.8, 4) is 0 Å². The number of thioether (sulfide) groups is 1. The van der Waals surface area contributed by atoms with Gasteiger partial charge < -0.3 is 14.6 Å². The Balaban J connectivity index is -0.000000376. The number of aliphatic hydroxyl groups is 1. The Kier molecular flexibility index (Phi) is 20.3. The van der Waals surface area contributed by atoms with Gasteiger partial charge in [-0.05, 0) is 46.8 Å². The fraction of sp³-hybridized carbons (Fsp3) is 0.842. The molecule has 0 aromatic carbocycles. The Morgan fingerprint density at radius 3 is 1.78 bits per heavy atom. The van der Waals surface area contributed by atoms with E-state index in [0.717, 1.165) is 25.0 Å². The van der Waals surface area contributed by atoms with Crippen molar-refractivity contribution in [3.63, 3.8) is 0 Å². The molecule has 7 nitrogen and oxygen atoms in total. The van der Waals surface area contributed by atoms with Gasteiger partial charge in [-0.3, -0.25) is 9.59 Å². The van der Waals surface area contributed by atoms with E-state index in [9.17, 15) is 9.59 Å². The van der Waals surface area contributed by atoms with E-state index in [1.807, 2.05) is 40.9 Å². The maximum atomic E-state index is 11.5. The molecule has 0 radical (unpaired) electrons. The van der Waals surface area contributed by atoms with E-state index in [0.29, 0.717) is 6.61 Å². The van der Waals surface area contributed by atoms with Gasteiger partial charge in [0.1, 0.15) is 6.61 Å². The number of esters is 2. The first-order chi connectivity index (χ1) is 12.5. The third-order valence-electron chi connectivity index (χ3n) is 3.55. The van der Waals surface area contributed by atoms with E-state index < -0.39 is 5.41 Å². The molecular formula is C19H36O7S. The van der Waals surface area contributed by atoms with Crippen LogP contribution in [0.1, 0.15) is 60.8 Å². The summed E-state index contributed by atoms with van der Waals surface area (Å²) in [6.45, 7) is 12.1. The highest BCUT2D eigenvalue weighted by molar-refractivity contribution is 7.98. The summed E-state index contributed by atoms with van der Waals surface area (Å²) in [6.07, 6.45) is 5.02. The molecule has 0 rings (SSSR count). The number of rotatable bonds is 10. The molecule has 0 heterocycles. The average molecular weight is 409 g/mol. The summed E-state index contributed by atoms with van der Waals surface area (Å²) in [5, 5.41) is 8.38. The molecule has 0 saturated heterocycles. The molecule has 0 bridgehead atoms. The van der Waals surface area contributed by atoms with Gasteiger partial charge in [0.15, 0.2) is 0 Å². The van der Waals surface area contributed by atoms with Gasteiger partial charge in [-0.25, -0.2) is 0 Å². The molecule has 0 aliphatic heterocycles. The molecule has 0 amide bonds. The van der Waals surface area contributed by atoms with Crippen molar-refractivity contribution in [2.24, 2.45) is 10.8 Å². The van der Waals surface area contributed by atoms with Crippen LogP contribution >= 0.6 is 11.8 Å². The standard InChI is InChI=1S/C10H20O2S.C8H16O3.CO2/c1-5-6-7-12-9(11)10(2,3)8-13-4;1-4-8(2,3)7(10)11-6-5-9;2-1-3/h5-8H2,1-4H3;9H,4-6H2,1-3H3;. The summed E-state index contributed by atoms with van der Waals surface area (Å²) in [5.41, 5.74) is -0.762. The van der Waals surface area contributed by atoms with Crippen molar-refractivity contribution in [2.45, 2.75) is 60.8 Å². The Morgan fingerprint density at radius 1 is 0.963 bits per heavy atom. The molecule has 0 saturated carbocycles. The van der Waals surface area contributed by atoms with Crippen LogP contribution in [-0.2, 0) is 28.7 Å². The second-order valence-corrected chi connectivity index (χ2v) is 7.85. The van der Waals surface area contributed by atoms with Gasteiger partial charge in [-0.1, -0.05) is 20.3 Å². The normalized spacial score (nSPS) is 10.4. The molecule has 0 atom stereocenters. The maximum absolute atomic E-state index is 11.5. The lowest BCUT2D eigenvalue weighted by atomic mass is 9.91. The molecule has 27 heavy (non-hydrogen) atoms. The molecular weight excluding hydrogens is 372 g/mol. The van der Waals surface area contributed by atoms with Crippen LogP contribution in [0, 0.1) is 10.8 Å². The molecule has 0 aromatic heterocycles. The van der Waals surface area contributed by atoms with Crippen LogP contribution in [0.3, 0.4) is 0 Å². The summed E-state index contributed by atoms with van der Waals surface area (Å²) in [5.74, 6) is 0.502. The summed E-state index contributed by atoms with van der Waals surface area (Å²) < 4.78 is 9.91. The lowest BCUT2D eigenvalue weighted by Gasteiger charge is -2.21. The first-order valence-corrected chi connectivity index (χ1v) is 10.3. The predicted octanol–water partition coefficient (Wildman–Crippen LogP) is 3.09. The highest BCUT2D eigenvalue weighted by atomic mass is 32.2. The first-order valence-electron chi connectivity index (χ1n) is 8.94. The van der Waals surface area contributed by atoms with E-state index in [-0.39, 0.29) is 36.7 Å². The lowest BCUT2D eigenvalue weighted by Crippen LogP contribution is -2.29. The van der Waals surface area contributed by atoms with Crippen molar-refractivity contribution >= 4 is 29.9 Å². The molecule has 160 valence electrons. The zero-order valence-corrected chi connectivity index (χ0v) is 18.6. The van der Waals surface area contributed by atoms with Crippen molar-refractivity contribution in [1.29, 1.82) is 0 Å². The molecule has 0 spiro atoms. The van der Waals surface area contributed by atoms with Crippen LogP contribution < -0.4 is 0 Å². The van der Waals surface area contributed by atoms with Crippen LogP contribution in [0.4, 0.5) is 0 Å². The molecule has 1 N–H and O–H groups in total. The number of aliphatic hydroxyl groups excluding tert-OH is 1. The Bertz CT molecular complexity index is 428. The quantitative estimate of drug-likeness (QED) is 0.434. The number of hydrogen-bond acceptors (Lipinski definition) is 8. The number of hydrogen-bond donors (Lipinski definition) is 1. The molecule has 0 aromatic rings. The first kappa shape index (κ1) is 30.4. The van der Waals surface area contributed by atoms with Crippen LogP contribution in [0.25, 0.3) is 0 Å². The van der Waals surface area contributed by atoms with Gasteiger partial charge >= 0.3 is 18.1 Å². The van der Waals surface area contributed by atoms with E-state index in [1.54, 1.807) is 11.8 Å². The second-order valence-electron chi connectivity index (χ2n) is 6.99. The van der Waals surface area contributed by atoms with Gasteiger partial charge in [0.2, 0.25) is 0 Å². The number of unbranched alkanes of at least 4 members (excludes halogenated alkanes) is 1. The third kappa shape index (κ3) is 17.8. The smallest absolute Gasteiger partial charge is 0.373 e. The highest BCUT2D eigenvalue weighted by Crippen LogP contribution is 2.22. The zero-order valence-electron chi connectivity index (χ0n) is 17.8. The lowest BCUT2D eigenvalue weighted by molar-refractivity contribution is -0.191. The Hall–Kier alpha value is -1.37. The molecule has 0 aliphatic rings. The van der Waals surface area contributed by atoms with Gasteiger partial charge in [-0.2, -0.15) is 21.4 Å². The third-order valence-corrected chi connectivity index (χ3v) is 4.56. The minimum Gasteiger partial charge on any atom is -0.465 e. The predicted molar refractivity (Wildman–Crippen MR) is 105 cm³/mol. The van der Waals surface area contributed by atoms with Crippen LogP contribution in [-0.4, -0.2) is 55.0 Å². The fourth-order valence-corrected chi connectivity index (χ4v) is 2.24. The Labute approximate surface area is 167 Å². The van der Waals surface area contributed by atoms with Crippen molar-refractivity contribution in [2.75, 3.05) is 31.8 Å². The van der Waals surface area contributed by atoms with Crippen LogP contribution in [0.5, 0.6) is 0 Å². The second kappa shape index (κ2) is 18.0. The van der Waals surface area contributed by atoms with E-state index in [1.165, 1.54) is 0 Å². The summed E-state index contributed by atoms with van der Waals surface area (Å²) >= 11 is 1.68. The summed E-state index contributed by atoms with van der Waals surface area (Å²) in [4.78, 5) is 38.9. The average Bonchev–Trinajstić information content (AvgIpc) is 2.60. The minimum atomic E-state index is -0.421. The van der Waals surface area contributed by atoms with Gasteiger partial charge in [-0.15, -0.1) is 0 Å². The summed E-state index contributed by atoms with van der Waals surface area (Å²) in [7, 11) is 0. The fourth-order valence-electron chi connectivity index (χ4n) is 1.40. The summed E-state index contributed by atoms with van der Waals surface area (Å²) in [6, 6.07) is 0. The van der Waals surface area contributed by atoms with Crippen molar-refractivity contribution in [3.05, 3.63) is 0 Å². The Morgan fingerprint density at radius 2 is 1.41 bits per heavy atom. The van der Waals surface area contributed by atoms with Crippen molar-refractivity contribution < 1.29 is 33.8 Å². The largest absolute Gasteiger partial charge is 0.465 e. The van der Waals surface area contributed by atoms with Gasteiger partial charge in [0.05, 0.1) is 24.0 Å². The highest BCUT2D eigenvalue weighted by Gasteiger charge is 2.28. The number of carbonyl (C=O) groups excluding carboxylic acids is 4. The van der Waals surface area contributed by atoms with Gasteiger partial charge in [0.25, 0.3) is 0 Å². The van der Waals surface area contributed by atoms with Gasteiger partial charge in [0, 0.05) is 5.75 Å². The maximum Gasteiger partial charge on any atom is 0.373 e. The van der Waals surface area contributed by atoms with E-state index >= 15 is 0 Å². The minimum absolute atomic E-state index is 0.0738. The topological polar surface area (TPSA) is 107 Å². The molecule has 0 unspecified atom stereocenters. The molecule has 8 heteroatoms. The van der Waals surface area contributed by atoms with Crippen LogP contribution in [0.2, 0.25) is 0 Å². The zero-order chi connectivity index (χ0) is 21.9. The number of ether oxygens (including phenoxy) is 2. The monoisotopic (exact) mass is 408 g/mol. The molecule has 0 fully saturated rings. The van der Waals surface area contributed by atoms with E-state index in [4.69, 9.17) is 24.2 Å². The molecule has 0 aliphatic carbocycles. The van der Waals surface area contributed by atoms with Crippen LogP contribution in [0.15, 0.2) is 0 Å². The van der Waals surface area contributed by atoms with E-state index in [2.05, 4.69) is 6.92 Å². The van der Waals surface area contributed by atoms with Crippen molar-refractivity contribution in [1.82, 2.24) is 0 Å².